The zero-order valence-electron chi connectivity index (χ0n) is 13.8. The standard InChI is InChI=1S/C17H12Cl2N4O4/c1-26-13-6-8(14-15(16(20)24)22-23-21-14)2-5-12(13)27-17(25)10-4-3-9(18)7-11(10)19/h2-7H,1H3,(H2,20,24)(H,21,22,23). The molecule has 27 heavy (non-hydrogen) atoms. The van der Waals surface area contributed by atoms with Gasteiger partial charge in [0, 0.05) is 10.6 Å². The number of nitrogens with one attached hydrogen (secondary N) is 1. The van der Waals surface area contributed by atoms with Crippen molar-refractivity contribution in [1.29, 1.82) is 0 Å². The Balaban J connectivity index is 1.92. The summed E-state index contributed by atoms with van der Waals surface area (Å²) in [6, 6.07) is 9.04. The highest BCUT2D eigenvalue weighted by atomic mass is 35.5. The SMILES string of the molecule is COc1cc(-c2n[nH]nc2C(N)=O)ccc1OC(=O)c1ccc(Cl)cc1Cl. The molecule has 1 heterocycles. The van der Waals surface area contributed by atoms with E-state index in [4.69, 9.17) is 38.4 Å². The van der Waals surface area contributed by atoms with Gasteiger partial charge in [-0.2, -0.15) is 15.4 Å². The van der Waals surface area contributed by atoms with Crippen LogP contribution in [0.5, 0.6) is 11.5 Å². The van der Waals surface area contributed by atoms with Gasteiger partial charge in [-0.05, 0) is 36.4 Å². The van der Waals surface area contributed by atoms with E-state index in [9.17, 15) is 9.59 Å². The van der Waals surface area contributed by atoms with E-state index < -0.39 is 11.9 Å². The minimum Gasteiger partial charge on any atom is -0.493 e. The maximum absolute atomic E-state index is 12.4. The van der Waals surface area contributed by atoms with E-state index in [-0.39, 0.29) is 33.5 Å². The number of hydrogen-bond acceptors (Lipinski definition) is 6. The molecule has 0 aliphatic carbocycles. The van der Waals surface area contributed by atoms with E-state index in [1.165, 1.54) is 37.4 Å². The summed E-state index contributed by atoms with van der Waals surface area (Å²) in [5, 5.41) is 10.5. The second-order valence-electron chi connectivity index (χ2n) is 5.26. The average Bonchev–Trinajstić information content (AvgIpc) is 3.12. The number of nitrogens with two attached hydrogens (primary N) is 1. The Hall–Kier alpha value is -3.10. The number of carbonyl (C=O) groups excluding carboxylic acids is 2. The number of amides is 1. The number of halogens is 2. The molecular formula is C17H12Cl2N4O4. The number of hydrogen-bond donors (Lipinski definition) is 2. The first kappa shape index (κ1) is 18.7. The van der Waals surface area contributed by atoms with Crippen molar-refractivity contribution in [3.63, 3.8) is 0 Å². The number of aromatic amines is 1. The van der Waals surface area contributed by atoms with Crippen molar-refractivity contribution in [2.75, 3.05) is 7.11 Å². The molecule has 1 aromatic heterocycles. The molecule has 0 saturated carbocycles. The Morgan fingerprint density at radius 2 is 1.85 bits per heavy atom. The minimum absolute atomic E-state index is 0.0188. The van der Waals surface area contributed by atoms with Gasteiger partial charge in [0.15, 0.2) is 17.2 Å². The molecule has 8 nitrogen and oxygen atoms in total. The molecule has 0 aliphatic heterocycles. The predicted octanol–water partition coefficient (Wildman–Crippen LogP) is 3.11. The Kier molecular flexibility index (Phi) is 5.29. The highest BCUT2D eigenvalue weighted by Crippen LogP contribution is 2.33. The second kappa shape index (κ2) is 7.65. The first-order valence-electron chi connectivity index (χ1n) is 7.47. The highest BCUT2D eigenvalue weighted by molar-refractivity contribution is 6.36. The van der Waals surface area contributed by atoms with Gasteiger partial charge in [-0.15, -0.1) is 0 Å². The summed E-state index contributed by atoms with van der Waals surface area (Å²) in [5.74, 6) is -1.02. The maximum Gasteiger partial charge on any atom is 0.345 e. The summed E-state index contributed by atoms with van der Waals surface area (Å²) >= 11 is 11.9. The quantitative estimate of drug-likeness (QED) is 0.495. The number of ether oxygens (including phenoxy) is 2. The van der Waals surface area contributed by atoms with Crippen LogP contribution >= 0.6 is 23.2 Å². The molecule has 1 amide bonds. The Labute approximate surface area is 163 Å². The average molecular weight is 407 g/mol. The summed E-state index contributed by atoms with van der Waals surface area (Å²) in [5.41, 5.74) is 6.15. The van der Waals surface area contributed by atoms with Crippen molar-refractivity contribution in [3.05, 3.63) is 57.7 Å². The molecule has 3 rings (SSSR count). The Morgan fingerprint density at radius 1 is 1.07 bits per heavy atom. The minimum atomic E-state index is -0.731. The number of carbonyl (C=O) groups is 2. The van der Waals surface area contributed by atoms with Crippen LogP contribution in [0, 0.1) is 0 Å². The lowest BCUT2D eigenvalue weighted by molar-refractivity contribution is 0.0729. The molecule has 2 aromatic carbocycles. The van der Waals surface area contributed by atoms with Gasteiger partial charge in [-0.25, -0.2) is 4.79 Å². The number of benzene rings is 2. The number of rotatable bonds is 5. The first-order valence-corrected chi connectivity index (χ1v) is 8.22. The molecule has 0 unspecified atom stereocenters. The molecule has 0 spiro atoms. The topological polar surface area (TPSA) is 120 Å². The smallest absolute Gasteiger partial charge is 0.345 e. The van der Waals surface area contributed by atoms with Crippen LogP contribution in [0.15, 0.2) is 36.4 Å². The van der Waals surface area contributed by atoms with Crippen LogP contribution in [0.3, 0.4) is 0 Å². The summed E-state index contributed by atoms with van der Waals surface area (Å²) in [4.78, 5) is 23.8. The van der Waals surface area contributed by atoms with Gasteiger partial charge in [0.2, 0.25) is 0 Å². The van der Waals surface area contributed by atoms with Crippen LogP contribution in [0.2, 0.25) is 10.0 Å². The summed E-state index contributed by atoms with van der Waals surface area (Å²) in [6.07, 6.45) is 0. The summed E-state index contributed by atoms with van der Waals surface area (Å²) < 4.78 is 10.6. The molecule has 10 heteroatoms. The van der Waals surface area contributed by atoms with Crippen LogP contribution in [0.1, 0.15) is 20.8 Å². The lowest BCUT2D eigenvalue weighted by atomic mass is 10.1. The van der Waals surface area contributed by atoms with Crippen molar-refractivity contribution in [2.45, 2.75) is 0 Å². The van der Waals surface area contributed by atoms with E-state index in [1.54, 1.807) is 6.07 Å². The van der Waals surface area contributed by atoms with Crippen molar-refractivity contribution < 1.29 is 19.1 Å². The fourth-order valence-electron chi connectivity index (χ4n) is 2.31. The number of aromatic nitrogens is 3. The Bertz CT molecular complexity index is 1040. The molecule has 0 aliphatic rings. The first-order chi connectivity index (χ1) is 12.9. The van der Waals surface area contributed by atoms with Crippen molar-refractivity contribution >= 4 is 35.1 Å². The molecule has 0 fully saturated rings. The predicted molar refractivity (Wildman–Crippen MR) is 98.3 cm³/mol. The third-order valence-electron chi connectivity index (χ3n) is 3.57. The van der Waals surface area contributed by atoms with Crippen LogP contribution in [-0.2, 0) is 0 Å². The van der Waals surface area contributed by atoms with Crippen molar-refractivity contribution in [2.24, 2.45) is 5.73 Å². The molecular weight excluding hydrogens is 395 g/mol. The zero-order valence-corrected chi connectivity index (χ0v) is 15.3. The number of primary amides is 1. The van der Waals surface area contributed by atoms with Crippen LogP contribution in [0.25, 0.3) is 11.3 Å². The fourth-order valence-corrected chi connectivity index (χ4v) is 2.80. The number of methoxy groups -OCH3 is 1. The molecule has 0 bridgehead atoms. The molecule has 0 atom stereocenters. The Morgan fingerprint density at radius 3 is 2.52 bits per heavy atom. The second-order valence-corrected chi connectivity index (χ2v) is 6.11. The van der Waals surface area contributed by atoms with E-state index in [0.717, 1.165) is 0 Å². The van der Waals surface area contributed by atoms with E-state index in [2.05, 4.69) is 15.4 Å². The molecule has 138 valence electrons. The number of nitrogens with zero attached hydrogens (tertiary/aromatic N) is 2. The van der Waals surface area contributed by atoms with Gasteiger partial charge in [0.25, 0.3) is 5.91 Å². The summed E-state index contributed by atoms with van der Waals surface area (Å²) in [6.45, 7) is 0. The van der Waals surface area contributed by atoms with E-state index in [0.29, 0.717) is 10.6 Å². The van der Waals surface area contributed by atoms with Gasteiger partial charge >= 0.3 is 5.97 Å². The van der Waals surface area contributed by atoms with Crippen LogP contribution in [-0.4, -0.2) is 34.4 Å². The molecule has 0 radical (unpaired) electrons. The van der Waals surface area contributed by atoms with Gasteiger partial charge in [-0.3, -0.25) is 4.79 Å². The third kappa shape index (κ3) is 3.86. The molecule has 3 N–H and O–H groups in total. The zero-order chi connectivity index (χ0) is 19.6. The largest absolute Gasteiger partial charge is 0.493 e. The van der Waals surface area contributed by atoms with Gasteiger partial charge in [-0.1, -0.05) is 23.2 Å². The highest BCUT2D eigenvalue weighted by Gasteiger charge is 2.19. The van der Waals surface area contributed by atoms with E-state index in [1.807, 2.05) is 0 Å². The third-order valence-corrected chi connectivity index (χ3v) is 4.12. The van der Waals surface area contributed by atoms with Crippen molar-refractivity contribution in [3.8, 4) is 22.8 Å². The maximum atomic E-state index is 12.4. The lowest BCUT2D eigenvalue weighted by Gasteiger charge is -2.11. The fraction of sp³-hybridized carbons (Fsp3) is 0.0588. The monoisotopic (exact) mass is 406 g/mol. The van der Waals surface area contributed by atoms with Gasteiger partial charge in [0.05, 0.1) is 17.7 Å². The van der Waals surface area contributed by atoms with Crippen LogP contribution in [0.4, 0.5) is 0 Å². The van der Waals surface area contributed by atoms with Gasteiger partial charge in [0.1, 0.15) is 5.69 Å². The molecule has 3 aromatic rings. The van der Waals surface area contributed by atoms with Gasteiger partial charge < -0.3 is 15.2 Å². The summed E-state index contributed by atoms with van der Waals surface area (Å²) in [7, 11) is 1.41. The normalized spacial score (nSPS) is 10.5. The number of H-pyrrole nitrogens is 1. The lowest BCUT2D eigenvalue weighted by Crippen LogP contribution is -2.13. The van der Waals surface area contributed by atoms with E-state index >= 15 is 0 Å². The molecule has 0 saturated heterocycles. The van der Waals surface area contributed by atoms with Crippen LogP contribution < -0.4 is 15.2 Å². The number of esters is 1. The van der Waals surface area contributed by atoms with Crippen molar-refractivity contribution in [1.82, 2.24) is 15.4 Å².